The number of hydrogen-bond acceptors (Lipinski definition) is 3. The predicted octanol–water partition coefficient (Wildman–Crippen LogP) is 2.33. The van der Waals surface area contributed by atoms with E-state index in [0.717, 1.165) is 6.42 Å². The highest BCUT2D eigenvalue weighted by Gasteiger charge is 2.55. The summed E-state index contributed by atoms with van der Waals surface area (Å²) in [6.45, 7) is 9.67. The van der Waals surface area contributed by atoms with Crippen LogP contribution in [0.4, 0.5) is 0 Å². The van der Waals surface area contributed by atoms with Crippen LogP contribution in [0.2, 0.25) is 5.82 Å². The normalized spacial score (nSPS) is 24.4. The summed E-state index contributed by atoms with van der Waals surface area (Å²) in [5, 5.41) is 9.15. The third-order valence-electron chi connectivity index (χ3n) is 3.52. The molecule has 1 heterocycles. The van der Waals surface area contributed by atoms with Crippen molar-refractivity contribution in [2.45, 2.75) is 64.5 Å². The van der Waals surface area contributed by atoms with Crippen LogP contribution in [0.25, 0.3) is 0 Å². The van der Waals surface area contributed by atoms with Gasteiger partial charge in [0.1, 0.15) is 0 Å². The Balaban J connectivity index is 2.80. The Hall–Kier alpha value is -0.545. The van der Waals surface area contributed by atoms with Crippen LogP contribution in [0, 0.1) is 0 Å². The molecular formula is C11H21BO4. The summed E-state index contributed by atoms with van der Waals surface area (Å²) in [6, 6.07) is 0. The van der Waals surface area contributed by atoms with E-state index in [-0.39, 0.29) is 0 Å². The maximum absolute atomic E-state index is 11.1. The van der Waals surface area contributed by atoms with E-state index >= 15 is 0 Å². The molecule has 0 aromatic heterocycles. The van der Waals surface area contributed by atoms with Crippen molar-refractivity contribution in [2.75, 3.05) is 0 Å². The highest BCUT2D eigenvalue weighted by atomic mass is 16.7. The van der Waals surface area contributed by atoms with E-state index in [2.05, 4.69) is 0 Å². The van der Waals surface area contributed by atoms with E-state index in [1.807, 2.05) is 34.6 Å². The number of aliphatic carboxylic acids is 1. The second-order valence-electron chi connectivity index (χ2n) is 5.36. The molecule has 4 nitrogen and oxygen atoms in total. The fourth-order valence-electron chi connectivity index (χ4n) is 1.74. The summed E-state index contributed by atoms with van der Waals surface area (Å²) in [5.74, 6) is -1.42. The van der Waals surface area contributed by atoms with E-state index in [0.29, 0.717) is 6.42 Å². The highest BCUT2D eigenvalue weighted by Crippen LogP contribution is 2.40. The van der Waals surface area contributed by atoms with Crippen LogP contribution < -0.4 is 0 Å². The zero-order chi connectivity index (χ0) is 12.6. The molecule has 92 valence electrons. The van der Waals surface area contributed by atoms with Gasteiger partial charge in [0.05, 0.1) is 17.0 Å². The van der Waals surface area contributed by atoms with Gasteiger partial charge < -0.3 is 14.4 Å². The SMILES string of the molecule is CCCC(B1OC(C)(C)C(C)(C)O1)C(=O)O. The average Bonchev–Trinajstić information content (AvgIpc) is 2.31. The molecule has 0 bridgehead atoms. The lowest BCUT2D eigenvalue weighted by Crippen LogP contribution is -2.41. The van der Waals surface area contributed by atoms with Gasteiger partial charge in [-0.15, -0.1) is 0 Å². The Bertz CT molecular complexity index is 259. The Morgan fingerprint density at radius 3 is 2.00 bits per heavy atom. The van der Waals surface area contributed by atoms with E-state index in [4.69, 9.17) is 14.4 Å². The monoisotopic (exact) mass is 228 g/mol. The van der Waals surface area contributed by atoms with Gasteiger partial charge >= 0.3 is 13.1 Å². The van der Waals surface area contributed by atoms with Crippen LogP contribution >= 0.6 is 0 Å². The molecule has 0 aromatic carbocycles. The van der Waals surface area contributed by atoms with Crippen molar-refractivity contribution in [3.8, 4) is 0 Å². The number of carboxylic acid groups (broad SMARTS) is 1. The summed E-state index contributed by atoms with van der Waals surface area (Å²) in [7, 11) is -0.637. The van der Waals surface area contributed by atoms with Crippen LogP contribution in [0.1, 0.15) is 47.5 Å². The Kier molecular flexibility index (Phi) is 3.70. The standard InChI is InChI=1S/C11H21BO4/c1-6-7-8(9(13)14)12-15-10(2,3)11(4,5)16-12/h8H,6-7H2,1-5H3,(H,13,14). The quantitative estimate of drug-likeness (QED) is 0.750. The molecule has 1 aliphatic rings. The van der Waals surface area contributed by atoms with Gasteiger partial charge in [-0.3, -0.25) is 4.79 Å². The fourth-order valence-corrected chi connectivity index (χ4v) is 1.74. The van der Waals surface area contributed by atoms with Gasteiger partial charge in [0, 0.05) is 0 Å². The minimum Gasteiger partial charge on any atom is -0.481 e. The largest absolute Gasteiger partial charge is 0.481 e. The van der Waals surface area contributed by atoms with Crippen molar-refractivity contribution in [1.82, 2.24) is 0 Å². The lowest BCUT2D eigenvalue weighted by molar-refractivity contribution is -0.137. The molecule has 1 aliphatic heterocycles. The van der Waals surface area contributed by atoms with Crippen molar-refractivity contribution in [2.24, 2.45) is 0 Å². The maximum Gasteiger partial charge on any atom is 0.472 e. The first-order chi connectivity index (χ1) is 7.21. The minimum absolute atomic E-state index is 0.459. The van der Waals surface area contributed by atoms with Gasteiger partial charge in [-0.05, 0) is 34.1 Å². The third kappa shape index (κ3) is 2.41. The first kappa shape index (κ1) is 13.5. The first-order valence-electron chi connectivity index (χ1n) is 5.79. The molecule has 1 N–H and O–H groups in total. The lowest BCUT2D eigenvalue weighted by Gasteiger charge is -2.32. The molecule has 16 heavy (non-hydrogen) atoms. The third-order valence-corrected chi connectivity index (χ3v) is 3.52. The summed E-state index contributed by atoms with van der Waals surface area (Å²) >= 11 is 0. The van der Waals surface area contributed by atoms with E-state index in [1.165, 1.54) is 0 Å². The van der Waals surface area contributed by atoms with Crippen molar-refractivity contribution < 1.29 is 19.2 Å². The smallest absolute Gasteiger partial charge is 0.472 e. The van der Waals surface area contributed by atoms with Gasteiger partial charge in [0.25, 0.3) is 0 Å². The van der Waals surface area contributed by atoms with Gasteiger partial charge in [0.15, 0.2) is 0 Å². The minimum atomic E-state index is -0.847. The second-order valence-corrected chi connectivity index (χ2v) is 5.36. The number of rotatable bonds is 4. The van der Waals surface area contributed by atoms with E-state index in [9.17, 15) is 4.79 Å². The summed E-state index contributed by atoms with van der Waals surface area (Å²) in [5.41, 5.74) is -0.918. The first-order valence-corrected chi connectivity index (χ1v) is 5.79. The van der Waals surface area contributed by atoms with Gasteiger partial charge in [0.2, 0.25) is 0 Å². The molecule has 0 amide bonds. The van der Waals surface area contributed by atoms with Gasteiger partial charge in [-0.25, -0.2) is 0 Å². The molecule has 1 fully saturated rings. The zero-order valence-corrected chi connectivity index (χ0v) is 10.7. The summed E-state index contributed by atoms with van der Waals surface area (Å²) in [4.78, 5) is 11.1. The van der Waals surface area contributed by atoms with Crippen LogP contribution in [0.3, 0.4) is 0 Å². The molecule has 1 rings (SSSR count). The maximum atomic E-state index is 11.1. The predicted molar refractivity (Wildman–Crippen MR) is 62.4 cm³/mol. The van der Waals surface area contributed by atoms with Crippen LogP contribution in [-0.4, -0.2) is 29.4 Å². The van der Waals surface area contributed by atoms with Gasteiger partial charge in [-0.1, -0.05) is 13.3 Å². The molecule has 1 saturated heterocycles. The van der Waals surface area contributed by atoms with Crippen molar-refractivity contribution in [3.05, 3.63) is 0 Å². The Morgan fingerprint density at radius 1 is 1.25 bits per heavy atom. The molecule has 0 radical (unpaired) electrons. The fraction of sp³-hybridized carbons (Fsp3) is 0.909. The van der Waals surface area contributed by atoms with Crippen LogP contribution in [0.15, 0.2) is 0 Å². The topological polar surface area (TPSA) is 55.8 Å². The molecule has 1 unspecified atom stereocenters. The molecule has 1 atom stereocenters. The van der Waals surface area contributed by atoms with Crippen molar-refractivity contribution in [1.29, 1.82) is 0 Å². The van der Waals surface area contributed by atoms with Crippen LogP contribution in [-0.2, 0) is 14.1 Å². The highest BCUT2D eigenvalue weighted by molar-refractivity contribution is 6.52. The lowest BCUT2D eigenvalue weighted by atomic mass is 9.69. The van der Waals surface area contributed by atoms with E-state index < -0.39 is 30.1 Å². The zero-order valence-electron chi connectivity index (χ0n) is 10.7. The molecule has 0 aromatic rings. The Labute approximate surface area is 97.5 Å². The number of carboxylic acids is 1. The molecular weight excluding hydrogens is 207 g/mol. The number of carbonyl (C=O) groups is 1. The van der Waals surface area contributed by atoms with E-state index in [1.54, 1.807) is 0 Å². The molecule has 0 spiro atoms. The van der Waals surface area contributed by atoms with Crippen molar-refractivity contribution >= 4 is 13.1 Å². The molecule has 0 aliphatic carbocycles. The summed E-state index contributed by atoms with van der Waals surface area (Å²) in [6.07, 6.45) is 1.38. The molecule has 5 heteroatoms. The number of hydrogen-bond donors (Lipinski definition) is 1. The average molecular weight is 228 g/mol. The molecule has 0 saturated carbocycles. The van der Waals surface area contributed by atoms with Gasteiger partial charge in [-0.2, -0.15) is 0 Å². The van der Waals surface area contributed by atoms with Crippen LogP contribution in [0.5, 0.6) is 0 Å². The second kappa shape index (κ2) is 4.38. The summed E-state index contributed by atoms with van der Waals surface area (Å²) < 4.78 is 11.5. The van der Waals surface area contributed by atoms with Crippen molar-refractivity contribution in [3.63, 3.8) is 0 Å². The Morgan fingerprint density at radius 2 is 1.69 bits per heavy atom.